The van der Waals surface area contributed by atoms with Crippen LogP contribution in [0.2, 0.25) is 5.28 Å². The minimum Gasteiger partial charge on any atom is -0.481 e. The van der Waals surface area contributed by atoms with Crippen LogP contribution in [0.5, 0.6) is 0 Å². The molecule has 10 nitrogen and oxygen atoms in total. The first-order valence-electron chi connectivity index (χ1n) is 13.4. The summed E-state index contributed by atoms with van der Waals surface area (Å²) in [5, 5.41) is 32.3. The van der Waals surface area contributed by atoms with Gasteiger partial charge in [-0.15, -0.1) is 0 Å². The van der Waals surface area contributed by atoms with E-state index in [2.05, 4.69) is 44.5 Å². The van der Waals surface area contributed by atoms with Gasteiger partial charge in [0.2, 0.25) is 5.28 Å². The Labute approximate surface area is 236 Å². The van der Waals surface area contributed by atoms with E-state index in [0.29, 0.717) is 29.9 Å². The number of nitrogens with two attached hydrogens (primary N) is 1. The second-order valence-corrected chi connectivity index (χ2v) is 10.7. The summed E-state index contributed by atoms with van der Waals surface area (Å²) in [6, 6.07) is 19.6. The van der Waals surface area contributed by atoms with Crippen molar-refractivity contribution in [3.63, 3.8) is 0 Å². The molecule has 0 bridgehead atoms. The molecule has 4 atom stereocenters. The summed E-state index contributed by atoms with van der Waals surface area (Å²) in [6.45, 7) is 0.568. The van der Waals surface area contributed by atoms with E-state index in [1.165, 1.54) is 11.1 Å². The third kappa shape index (κ3) is 5.95. The molecule has 2 fully saturated rings. The highest BCUT2D eigenvalue weighted by atomic mass is 35.5. The van der Waals surface area contributed by atoms with Crippen molar-refractivity contribution < 1.29 is 20.1 Å². The molecule has 11 heteroatoms. The summed E-state index contributed by atoms with van der Waals surface area (Å²) in [7, 11) is 0. The van der Waals surface area contributed by atoms with Gasteiger partial charge in [-0.25, -0.2) is 4.98 Å². The molecule has 0 unspecified atom stereocenters. The Morgan fingerprint density at radius 1 is 1.02 bits per heavy atom. The second kappa shape index (κ2) is 12.3. The number of benzene rings is 2. The molecule has 210 valence electrons. The SMILES string of the molecule is N[C@H]1C[C@@H](n2cnc3c(NCC(c4ccccc4)c4ccccc4)nc(Cl)nc32)[C@H](O)[C@@H]1O.O=C(O)C1CCC1. The summed E-state index contributed by atoms with van der Waals surface area (Å²) in [4.78, 5) is 23.2. The number of nitrogens with one attached hydrogen (secondary N) is 1. The van der Waals surface area contributed by atoms with E-state index < -0.39 is 30.3 Å². The lowest BCUT2D eigenvalue weighted by Gasteiger charge is -2.20. The van der Waals surface area contributed by atoms with Crippen molar-refractivity contribution in [2.45, 2.75) is 55.9 Å². The zero-order valence-electron chi connectivity index (χ0n) is 21.8. The van der Waals surface area contributed by atoms with Crippen LogP contribution in [0.25, 0.3) is 11.2 Å². The highest BCUT2D eigenvalue weighted by Crippen LogP contribution is 2.34. The Bertz CT molecular complexity index is 1390. The maximum atomic E-state index is 10.5. The number of hydrogen-bond donors (Lipinski definition) is 5. The Kier molecular flexibility index (Phi) is 8.60. The fourth-order valence-corrected chi connectivity index (χ4v) is 5.39. The summed E-state index contributed by atoms with van der Waals surface area (Å²) in [6.07, 6.45) is 2.89. The Balaban J connectivity index is 0.000000403. The van der Waals surface area contributed by atoms with Crippen LogP contribution < -0.4 is 11.1 Å². The number of nitrogens with zero attached hydrogens (tertiary/aromatic N) is 4. The Morgan fingerprint density at radius 3 is 2.12 bits per heavy atom. The fourth-order valence-electron chi connectivity index (χ4n) is 5.23. The van der Waals surface area contributed by atoms with Crippen LogP contribution >= 0.6 is 11.6 Å². The van der Waals surface area contributed by atoms with Gasteiger partial charge in [0.05, 0.1) is 24.4 Å². The quantitative estimate of drug-likeness (QED) is 0.211. The third-order valence-corrected chi connectivity index (χ3v) is 7.95. The lowest BCUT2D eigenvalue weighted by Crippen LogP contribution is -2.35. The normalized spacial score (nSPS) is 22.5. The van der Waals surface area contributed by atoms with Crippen LogP contribution in [0.15, 0.2) is 67.0 Å². The van der Waals surface area contributed by atoms with Gasteiger partial charge in [-0.1, -0.05) is 67.1 Å². The average Bonchev–Trinajstić information content (AvgIpc) is 3.45. The van der Waals surface area contributed by atoms with Crippen molar-refractivity contribution in [2.24, 2.45) is 11.7 Å². The average molecular weight is 565 g/mol. The number of aliphatic hydroxyl groups excluding tert-OH is 2. The number of carboxylic acids is 1. The largest absolute Gasteiger partial charge is 0.481 e. The molecular formula is C29H33ClN6O4. The van der Waals surface area contributed by atoms with E-state index in [9.17, 15) is 15.0 Å². The number of halogens is 1. The Hall–Kier alpha value is -3.57. The van der Waals surface area contributed by atoms with E-state index in [1.54, 1.807) is 10.9 Å². The molecule has 2 aromatic carbocycles. The van der Waals surface area contributed by atoms with Crippen LogP contribution in [0, 0.1) is 5.92 Å². The summed E-state index contributed by atoms with van der Waals surface area (Å²) < 4.78 is 1.72. The summed E-state index contributed by atoms with van der Waals surface area (Å²) in [5.41, 5.74) is 9.33. The number of aliphatic carboxylic acids is 1. The molecule has 6 N–H and O–H groups in total. The van der Waals surface area contributed by atoms with Gasteiger partial charge in [-0.3, -0.25) is 4.79 Å². The van der Waals surface area contributed by atoms with Crippen molar-refractivity contribution in [1.82, 2.24) is 19.5 Å². The van der Waals surface area contributed by atoms with Crippen LogP contribution in [0.4, 0.5) is 5.82 Å². The first kappa shape index (κ1) is 28.0. The van der Waals surface area contributed by atoms with E-state index >= 15 is 0 Å². The number of carboxylic acid groups (broad SMARTS) is 1. The number of imidazole rings is 1. The van der Waals surface area contributed by atoms with E-state index in [0.717, 1.165) is 19.3 Å². The highest BCUT2D eigenvalue weighted by molar-refractivity contribution is 6.28. The number of aromatic nitrogens is 4. The monoisotopic (exact) mass is 564 g/mol. The number of aliphatic hydroxyl groups is 2. The van der Waals surface area contributed by atoms with Gasteiger partial charge >= 0.3 is 5.97 Å². The predicted octanol–water partition coefficient (Wildman–Crippen LogP) is 3.59. The number of anilines is 1. The van der Waals surface area contributed by atoms with Gasteiger partial charge in [-0.2, -0.15) is 9.97 Å². The number of fused-ring (bicyclic) bond motifs is 1. The van der Waals surface area contributed by atoms with Crippen LogP contribution in [-0.2, 0) is 4.79 Å². The van der Waals surface area contributed by atoms with Crippen LogP contribution in [-0.4, -0.2) is 65.6 Å². The molecule has 2 aliphatic carbocycles. The molecule has 0 radical (unpaired) electrons. The van der Waals surface area contributed by atoms with Crippen molar-refractivity contribution >= 4 is 34.6 Å². The first-order valence-corrected chi connectivity index (χ1v) is 13.8. The van der Waals surface area contributed by atoms with Gasteiger partial charge in [0, 0.05) is 18.5 Å². The number of hydrogen-bond acceptors (Lipinski definition) is 8. The summed E-state index contributed by atoms with van der Waals surface area (Å²) in [5.74, 6) is -0.0210. The van der Waals surface area contributed by atoms with Gasteiger partial charge in [-0.05, 0) is 42.0 Å². The molecule has 4 aromatic rings. The number of carbonyl (C=O) groups is 1. The zero-order chi connectivity index (χ0) is 28.2. The van der Waals surface area contributed by atoms with E-state index in [1.807, 2.05) is 36.4 Å². The lowest BCUT2D eigenvalue weighted by atomic mass is 9.86. The molecule has 2 aromatic heterocycles. The maximum Gasteiger partial charge on any atom is 0.306 e. The van der Waals surface area contributed by atoms with Crippen LogP contribution in [0.1, 0.15) is 48.8 Å². The molecule has 0 amide bonds. The topological polar surface area (TPSA) is 159 Å². The van der Waals surface area contributed by atoms with Gasteiger partial charge in [0.25, 0.3) is 0 Å². The van der Waals surface area contributed by atoms with Crippen molar-refractivity contribution in [1.29, 1.82) is 0 Å². The molecule has 40 heavy (non-hydrogen) atoms. The van der Waals surface area contributed by atoms with Gasteiger partial charge < -0.3 is 30.9 Å². The van der Waals surface area contributed by atoms with Crippen molar-refractivity contribution in [3.05, 3.63) is 83.4 Å². The van der Waals surface area contributed by atoms with Gasteiger partial charge in [0.15, 0.2) is 17.0 Å². The summed E-state index contributed by atoms with van der Waals surface area (Å²) >= 11 is 6.26. The minimum absolute atomic E-state index is 0.000000000000000444. The molecule has 2 saturated carbocycles. The lowest BCUT2D eigenvalue weighted by molar-refractivity contribution is -0.144. The second-order valence-electron chi connectivity index (χ2n) is 10.3. The minimum atomic E-state index is -1.01. The number of rotatable bonds is 7. The van der Waals surface area contributed by atoms with Crippen molar-refractivity contribution in [3.8, 4) is 0 Å². The van der Waals surface area contributed by atoms with E-state index in [4.69, 9.17) is 22.4 Å². The molecule has 0 saturated heterocycles. The molecule has 2 aliphatic rings. The predicted molar refractivity (Wildman–Crippen MR) is 152 cm³/mol. The maximum absolute atomic E-state index is 10.5. The van der Waals surface area contributed by atoms with Crippen molar-refractivity contribution in [2.75, 3.05) is 11.9 Å². The third-order valence-electron chi connectivity index (χ3n) is 7.78. The van der Waals surface area contributed by atoms with E-state index in [-0.39, 0.29) is 17.1 Å². The fraction of sp³-hybridized carbons (Fsp3) is 0.379. The zero-order valence-corrected chi connectivity index (χ0v) is 22.6. The molecule has 6 rings (SSSR count). The first-order chi connectivity index (χ1) is 19.3. The smallest absolute Gasteiger partial charge is 0.306 e. The molecule has 0 spiro atoms. The highest BCUT2D eigenvalue weighted by Gasteiger charge is 2.41. The van der Waals surface area contributed by atoms with Gasteiger partial charge in [0.1, 0.15) is 6.10 Å². The standard InChI is InChI=1S/C24H25ClN6O2.C5H8O2/c25-24-29-22(19-23(30-24)31(13-28-19)18-11-17(26)20(32)21(18)33)27-12-16(14-7-3-1-4-8-14)15-9-5-2-6-10-15;6-5(7)4-2-1-3-4/h1-10,13,16-18,20-21,32-33H,11-12,26H2,(H,27,29,30);4H,1-3H2,(H,6,7)/t17-,18+,20+,21-;/m0./s1. The molecule has 0 aliphatic heterocycles. The van der Waals surface area contributed by atoms with Crippen LogP contribution in [0.3, 0.4) is 0 Å². The Morgan fingerprint density at radius 2 is 1.65 bits per heavy atom. The molecule has 2 heterocycles. The molecular weight excluding hydrogens is 532 g/mol.